The molecule has 0 aromatic heterocycles. The number of carbonyl (C=O) groups excluding carboxylic acids is 1. The van der Waals surface area contributed by atoms with E-state index >= 15 is 0 Å². The van der Waals surface area contributed by atoms with Crippen molar-refractivity contribution in [1.82, 2.24) is 4.90 Å². The summed E-state index contributed by atoms with van der Waals surface area (Å²) in [5, 5.41) is 18.3. The number of carbonyl (C=O) groups is 3. The number of ether oxygens (including phenoxy) is 1. The summed E-state index contributed by atoms with van der Waals surface area (Å²) in [5.41, 5.74) is 2.58. The van der Waals surface area contributed by atoms with Gasteiger partial charge in [-0.1, -0.05) is 54.6 Å². The molecule has 2 atom stereocenters. The third kappa shape index (κ3) is 4.11. The van der Waals surface area contributed by atoms with E-state index in [4.69, 9.17) is 9.84 Å². The minimum atomic E-state index is -1.04. The first-order chi connectivity index (χ1) is 14.9. The van der Waals surface area contributed by atoms with Crippen molar-refractivity contribution in [3.05, 3.63) is 107 Å². The van der Waals surface area contributed by atoms with Gasteiger partial charge in [0.2, 0.25) is 0 Å². The van der Waals surface area contributed by atoms with E-state index in [1.165, 1.54) is 24.3 Å². The predicted molar refractivity (Wildman–Crippen MR) is 111 cm³/mol. The molecule has 1 aliphatic rings. The second kappa shape index (κ2) is 8.31. The van der Waals surface area contributed by atoms with Crippen LogP contribution in [0.4, 0.5) is 4.79 Å². The molecule has 0 radical (unpaired) electrons. The molecule has 0 bridgehead atoms. The Kier molecular flexibility index (Phi) is 5.41. The number of cyclic esters (lactones) is 1. The highest BCUT2D eigenvalue weighted by molar-refractivity contribution is 5.88. The molecule has 4 rings (SSSR count). The molecule has 1 saturated heterocycles. The Morgan fingerprint density at radius 3 is 1.81 bits per heavy atom. The molecule has 7 nitrogen and oxygen atoms in total. The van der Waals surface area contributed by atoms with Crippen molar-refractivity contribution < 1.29 is 29.3 Å². The van der Waals surface area contributed by atoms with Gasteiger partial charge in [-0.15, -0.1) is 0 Å². The van der Waals surface area contributed by atoms with Gasteiger partial charge in [-0.3, -0.25) is 4.90 Å². The van der Waals surface area contributed by atoms with Gasteiger partial charge in [-0.2, -0.15) is 0 Å². The summed E-state index contributed by atoms with van der Waals surface area (Å²) in [7, 11) is 0. The zero-order valence-corrected chi connectivity index (χ0v) is 16.3. The third-order valence-electron chi connectivity index (χ3n) is 5.27. The van der Waals surface area contributed by atoms with Crippen molar-refractivity contribution in [2.45, 2.75) is 18.7 Å². The van der Waals surface area contributed by atoms with Crippen LogP contribution in [0.2, 0.25) is 0 Å². The van der Waals surface area contributed by atoms with Gasteiger partial charge in [-0.05, 0) is 41.0 Å². The van der Waals surface area contributed by atoms with Crippen LogP contribution in [-0.2, 0) is 11.3 Å². The highest BCUT2D eigenvalue weighted by Gasteiger charge is 2.43. The van der Waals surface area contributed by atoms with E-state index in [-0.39, 0.29) is 11.1 Å². The van der Waals surface area contributed by atoms with E-state index in [1.54, 1.807) is 29.2 Å². The maximum Gasteiger partial charge on any atom is 0.411 e. The van der Waals surface area contributed by atoms with Crippen molar-refractivity contribution in [2.75, 3.05) is 0 Å². The predicted octanol–water partition coefficient (Wildman–Crippen LogP) is 4.52. The number of hydrogen-bond acceptors (Lipinski definition) is 4. The number of hydrogen-bond donors (Lipinski definition) is 2. The van der Waals surface area contributed by atoms with E-state index in [2.05, 4.69) is 0 Å². The SMILES string of the molecule is O=C(O)c1ccc(C2OC(=O)N(Cc3ccccc3)C2c2ccc(C(=O)O)cc2)cc1. The van der Waals surface area contributed by atoms with Crippen LogP contribution in [0.25, 0.3) is 0 Å². The lowest BCUT2D eigenvalue weighted by molar-refractivity contribution is 0.0686. The van der Waals surface area contributed by atoms with E-state index in [1.807, 2.05) is 30.3 Å². The first kappa shape index (κ1) is 20.2. The van der Waals surface area contributed by atoms with Gasteiger partial charge < -0.3 is 14.9 Å². The highest BCUT2D eigenvalue weighted by atomic mass is 16.6. The molecule has 1 amide bonds. The molecule has 2 N–H and O–H groups in total. The molecule has 0 spiro atoms. The van der Waals surface area contributed by atoms with Crippen LogP contribution in [0.15, 0.2) is 78.9 Å². The summed E-state index contributed by atoms with van der Waals surface area (Å²) >= 11 is 0. The fraction of sp³-hybridized carbons (Fsp3) is 0.125. The summed E-state index contributed by atoms with van der Waals surface area (Å²) < 4.78 is 5.70. The Hall–Kier alpha value is -4.13. The number of aromatic carboxylic acids is 2. The largest absolute Gasteiger partial charge is 0.478 e. The smallest absolute Gasteiger partial charge is 0.411 e. The minimum absolute atomic E-state index is 0.136. The van der Waals surface area contributed by atoms with Crippen LogP contribution >= 0.6 is 0 Å². The topological polar surface area (TPSA) is 104 Å². The normalized spacial score (nSPS) is 17.9. The Morgan fingerprint density at radius 1 is 0.774 bits per heavy atom. The fourth-order valence-corrected chi connectivity index (χ4v) is 3.70. The number of rotatable bonds is 6. The van der Waals surface area contributed by atoms with Crippen molar-refractivity contribution in [2.24, 2.45) is 0 Å². The van der Waals surface area contributed by atoms with E-state index in [9.17, 15) is 19.5 Å². The first-order valence-corrected chi connectivity index (χ1v) is 9.62. The highest BCUT2D eigenvalue weighted by Crippen LogP contribution is 2.43. The lowest BCUT2D eigenvalue weighted by atomic mass is 9.94. The number of nitrogens with zero attached hydrogens (tertiary/aromatic N) is 1. The zero-order chi connectivity index (χ0) is 22.0. The molecular weight excluding hydrogens is 398 g/mol. The average Bonchev–Trinajstić information content (AvgIpc) is 3.10. The number of carboxylic acid groups (broad SMARTS) is 2. The second-order valence-corrected chi connectivity index (χ2v) is 7.22. The number of amides is 1. The number of benzene rings is 3. The standard InChI is InChI=1S/C24H19NO6/c26-22(27)18-10-6-16(7-11-18)20-21(17-8-12-19(13-9-17)23(28)29)31-24(30)25(20)14-15-4-2-1-3-5-15/h1-13,20-21H,14H2,(H,26,27)(H,28,29). The molecule has 3 aromatic carbocycles. The van der Waals surface area contributed by atoms with Crippen molar-refractivity contribution >= 4 is 18.0 Å². The summed E-state index contributed by atoms with van der Waals surface area (Å²) in [6, 6.07) is 21.5. The van der Waals surface area contributed by atoms with Crippen LogP contribution in [0.3, 0.4) is 0 Å². The summed E-state index contributed by atoms with van der Waals surface area (Å²) in [6.45, 7) is 0.314. The summed E-state index contributed by atoms with van der Waals surface area (Å²) in [4.78, 5) is 36.8. The Balaban J connectivity index is 1.73. The summed E-state index contributed by atoms with van der Waals surface area (Å²) in [5.74, 6) is -2.08. The fourth-order valence-electron chi connectivity index (χ4n) is 3.70. The zero-order valence-electron chi connectivity index (χ0n) is 16.3. The Labute approximate surface area is 178 Å². The molecule has 0 aliphatic carbocycles. The van der Waals surface area contributed by atoms with Gasteiger partial charge in [0.15, 0.2) is 6.10 Å². The first-order valence-electron chi connectivity index (χ1n) is 9.62. The molecule has 3 aromatic rings. The monoisotopic (exact) mass is 417 g/mol. The lowest BCUT2D eigenvalue weighted by Crippen LogP contribution is -2.27. The average molecular weight is 417 g/mol. The van der Waals surface area contributed by atoms with E-state index < -0.39 is 30.2 Å². The van der Waals surface area contributed by atoms with Gasteiger partial charge in [0.1, 0.15) is 6.04 Å². The molecule has 7 heteroatoms. The molecule has 156 valence electrons. The van der Waals surface area contributed by atoms with Gasteiger partial charge in [0, 0.05) is 6.54 Å². The molecule has 1 aliphatic heterocycles. The Bertz CT molecular complexity index is 1110. The quantitative estimate of drug-likeness (QED) is 0.611. The van der Waals surface area contributed by atoms with Crippen LogP contribution in [0.5, 0.6) is 0 Å². The van der Waals surface area contributed by atoms with Crippen LogP contribution in [0.1, 0.15) is 49.6 Å². The van der Waals surface area contributed by atoms with E-state index in [0.29, 0.717) is 12.1 Å². The lowest BCUT2D eigenvalue weighted by Gasteiger charge is -2.25. The van der Waals surface area contributed by atoms with Crippen molar-refractivity contribution in [3.8, 4) is 0 Å². The van der Waals surface area contributed by atoms with Gasteiger partial charge >= 0.3 is 18.0 Å². The van der Waals surface area contributed by atoms with Crippen LogP contribution < -0.4 is 0 Å². The van der Waals surface area contributed by atoms with Gasteiger partial charge in [0.05, 0.1) is 11.1 Å². The molecule has 0 saturated carbocycles. The van der Waals surface area contributed by atoms with Crippen LogP contribution in [0, 0.1) is 0 Å². The molecule has 31 heavy (non-hydrogen) atoms. The van der Waals surface area contributed by atoms with Crippen LogP contribution in [-0.4, -0.2) is 33.1 Å². The summed E-state index contributed by atoms with van der Waals surface area (Å²) in [6.07, 6.45) is -1.17. The minimum Gasteiger partial charge on any atom is -0.478 e. The Morgan fingerprint density at radius 2 is 1.29 bits per heavy atom. The molecule has 1 fully saturated rings. The van der Waals surface area contributed by atoms with Gasteiger partial charge in [-0.25, -0.2) is 14.4 Å². The van der Waals surface area contributed by atoms with Crippen molar-refractivity contribution in [3.63, 3.8) is 0 Å². The molecule has 1 heterocycles. The number of carboxylic acids is 2. The maximum atomic E-state index is 12.8. The molecular formula is C24H19NO6. The molecule has 2 unspecified atom stereocenters. The third-order valence-corrected chi connectivity index (χ3v) is 5.27. The maximum absolute atomic E-state index is 12.8. The van der Waals surface area contributed by atoms with E-state index in [0.717, 1.165) is 11.1 Å². The second-order valence-electron chi connectivity index (χ2n) is 7.22. The van der Waals surface area contributed by atoms with Crippen molar-refractivity contribution in [1.29, 1.82) is 0 Å². The van der Waals surface area contributed by atoms with Gasteiger partial charge in [0.25, 0.3) is 0 Å².